The minimum absolute atomic E-state index is 0.0700. The van der Waals surface area contributed by atoms with Crippen LogP contribution in [-0.4, -0.2) is 23.8 Å². The van der Waals surface area contributed by atoms with Gasteiger partial charge in [-0.25, -0.2) is 13.8 Å². The van der Waals surface area contributed by atoms with E-state index in [1.165, 1.54) is 30.2 Å². The highest BCUT2D eigenvalue weighted by molar-refractivity contribution is 6.07. The van der Waals surface area contributed by atoms with Crippen molar-refractivity contribution in [2.75, 3.05) is 7.05 Å². The number of benzene rings is 2. The normalized spacial score (nSPS) is 35.5. The van der Waals surface area contributed by atoms with Crippen molar-refractivity contribution in [3.05, 3.63) is 59.7 Å². The fraction of sp³-hybridized carbons (Fsp3) is 0.462. The molecule has 0 radical (unpaired) electrons. The average Bonchev–Trinajstić information content (AvgIpc) is 3.00. The minimum Gasteiger partial charge on any atom is -0.369 e. The molecule has 0 saturated heterocycles. The molecule has 1 heterocycles. The van der Waals surface area contributed by atoms with E-state index in [1.54, 1.807) is 13.1 Å². The molecule has 1 atom stereocenters. The van der Waals surface area contributed by atoms with Gasteiger partial charge in [0.15, 0.2) is 23.1 Å². The minimum atomic E-state index is -1.06. The topological polar surface area (TPSA) is 58.7 Å². The molecule has 1 amide bonds. The van der Waals surface area contributed by atoms with E-state index in [0.717, 1.165) is 36.5 Å². The van der Waals surface area contributed by atoms with Crippen LogP contribution in [0.15, 0.2) is 47.5 Å². The van der Waals surface area contributed by atoms with E-state index in [4.69, 9.17) is 10.7 Å². The molecule has 166 valence electrons. The smallest absolute Gasteiger partial charge is 0.262 e. The Morgan fingerprint density at radius 3 is 2.12 bits per heavy atom. The lowest BCUT2D eigenvalue weighted by atomic mass is 9.43. The molecule has 7 rings (SSSR count). The Morgan fingerprint density at radius 2 is 1.56 bits per heavy atom. The van der Waals surface area contributed by atoms with Gasteiger partial charge in [0.2, 0.25) is 0 Å². The summed E-state index contributed by atoms with van der Waals surface area (Å²) in [5.41, 5.74) is 7.06. The lowest BCUT2D eigenvalue weighted by molar-refractivity contribution is -0.149. The second kappa shape index (κ2) is 6.63. The first-order valence-electron chi connectivity index (χ1n) is 11.5. The molecule has 2 N–H and O–H groups in total. The van der Waals surface area contributed by atoms with Crippen LogP contribution in [0.25, 0.3) is 11.1 Å². The molecule has 0 aromatic heterocycles. The van der Waals surface area contributed by atoms with Crippen molar-refractivity contribution in [1.82, 2.24) is 4.90 Å². The Morgan fingerprint density at radius 1 is 0.938 bits per heavy atom. The monoisotopic (exact) mass is 435 g/mol. The number of nitrogens with zero attached hydrogens (tertiary/aromatic N) is 2. The molecule has 2 aromatic rings. The molecule has 32 heavy (non-hydrogen) atoms. The maximum absolute atomic E-state index is 13.9. The maximum atomic E-state index is 13.9. The fourth-order valence-corrected chi connectivity index (χ4v) is 7.63. The SMILES string of the molecule is CN1C(=O)C(c2cccc(-c3ccc(F)c(F)c3)c2)(C23CC4CC(CC(C4)C2)C3)N=C1N. The van der Waals surface area contributed by atoms with Gasteiger partial charge in [-0.15, -0.1) is 0 Å². The van der Waals surface area contributed by atoms with E-state index in [0.29, 0.717) is 23.3 Å². The van der Waals surface area contributed by atoms with Crippen molar-refractivity contribution in [2.24, 2.45) is 33.9 Å². The van der Waals surface area contributed by atoms with Gasteiger partial charge in [0.25, 0.3) is 5.91 Å². The number of halogens is 2. The average molecular weight is 436 g/mol. The van der Waals surface area contributed by atoms with Gasteiger partial charge in [0.05, 0.1) is 0 Å². The van der Waals surface area contributed by atoms with Gasteiger partial charge in [-0.1, -0.05) is 24.3 Å². The zero-order valence-electron chi connectivity index (χ0n) is 18.2. The zero-order valence-corrected chi connectivity index (χ0v) is 18.2. The third-order valence-corrected chi connectivity index (χ3v) is 8.58. The Hall–Kier alpha value is -2.76. The van der Waals surface area contributed by atoms with Crippen LogP contribution >= 0.6 is 0 Å². The highest BCUT2D eigenvalue weighted by atomic mass is 19.2. The Kier molecular flexibility index (Phi) is 4.12. The summed E-state index contributed by atoms with van der Waals surface area (Å²) in [5.74, 6) is 0.346. The molecule has 4 aliphatic carbocycles. The van der Waals surface area contributed by atoms with Crippen LogP contribution in [0.5, 0.6) is 0 Å². The number of hydrogen-bond acceptors (Lipinski definition) is 3. The lowest BCUT2D eigenvalue weighted by Gasteiger charge is -2.61. The molecular formula is C26H27F2N3O. The van der Waals surface area contributed by atoms with Crippen LogP contribution in [0, 0.1) is 34.8 Å². The van der Waals surface area contributed by atoms with Gasteiger partial charge in [0, 0.05) is 12.5 Å². The van der Waals surface area contributed by atoms with Crippen LogP contribution < -0.4 is 5.73 Å². The summed E-state index contributed by atoms with van der Waals surface area (Å²) in [7, 11) is 1.70. The van der Waals surface area contributed by atoms with Crippen molar-refractivity contribution in [1.29, 1.82) is 0 Å². The molecule has 1 unspecified atom stereocenters. The first-order chi connectivity index (χ1) is 15.3. The molecule has 4 saturated carbocycles. The van der Waals surface area contributed by atoms with E-state index < -0.39 is 17.2 Å². The Labute approximate surface area is 186 Å². The summed E-state index contributed by atoms with van der Waals surface area (Å²) in [6.45, 7) is 0. The largest absolute Gasteiger partial charge is 0.369 e. The predicted molar refractivity (Wildman–Crippen MR) is 118 cm³/mol. The van der Waals surface area contributed by atoms with E-state index >= 15 is 0 Å². The van der Waals surface area contributed by atoms with Crippen molar-refractivity contribution in [2.45, 2.75) is 44.1 Å². The Bertz CT molecular complexity index is 1120. The highest BCUT2D eigenvalue weighted by Crippen LogP contribution is 2.67. The third kappa shape index (κ3) is 2.58. The van der Waals surface area contributed by atoms with Gasteiger partial charge in [-0.2, -0.15) is 0 Å². The van der Waals surface area contributed by atoms with E-state index in [-0.39, 0.29) is 17.3 Å². The molecule has 5 aliphatic rings. The first kappa shape index (κ1) is 19.9. The van der Waals surface area contributed by atoms with Crippen molar-refractivity contribution in [3.63, 3.8) is 0 Å². The van der Waals surface area contributed by atoms with Crippen LogP contribution in [0.2, 0.25) is 0 Å². The maximum Gasteiger partial charge on any atom is 0.262 e. The summed E-state index contributed by atoms with van der Waals surface area (Å²) in [4.78, 5) is 20.4. The van der Waals surface area contributed by atoms with Crippen LogP contribution in [0.4, 0.5) is 8.78 Å². The van der Waals surface area contributed by atoms with E-state index in [9.17, 15) is 13.6 Å². The number of guanidine groups is 1. The standard InChI is InChI=1S/C26H27F2N3O/c1-31-23(32)26(30-24(31)29,25-12-15-7-16(13-25)9-17(8-15)14-25)20-4-2-3-18(10-20)19-5-6-21(27)22(28)11-19/h2-6,10-11,15-17H,7-9,12-14H2,1H3,(H2,29,30). The number of likely N-dealkylation sites (N-methyl/N-ethyl adjacent to an activating group) is 1. The molecular weight excluding hydrogens is 408 g/mol. The number of carbonyl (C=O) groups excluding carboxylic acids is 1. The van der Waals surface area contributed by atoms with Crippen molar-refractivity contribution >= 4 is 11.9 Å². The van der Waals surface area contributed by atoms with Crippen molar-refractivity contribution < 1.29 is 13.6 Å². The van der Waals surface area contributed by atoms with Gasteiger partial charge in [-0.05, 0) is 91.2 Å². The van der Waals surface area contributed by atoms with Gasteiger partial charge < -0.3 is 5.73 Å². The molecule has 2 aromatic carbocycles. The molecule has 1 aliphatic heterocycles. The zero-order chi connectivity index (χ0) is 22.3. The molecule has 6 heteroatoms. The molecule has 4 fully saturated rings. The summed E-state index contributed by atoms with van der Waals surface area (Å²) >= 11 is 0. The second-order valence-electron chi connectivity index (χ2n) is 10.5. The van der Waals surface area contributed by atoms with Crippen molar-refractivity contribution in [3.8, 4) is 11.1 Å². The van der Waals surface area contributed by atoms with Crippen LogP contribution in [0.3, 0.4) is 0 Å². The Balaban J connectivity index is 1.53. The summed E-state index contributed by atoms with van der Waals surface area (Å²) < 4.78 is 27.4. The molecule has 0 spiro atoms. The predicted octanol–water partition coefficient (Wildman–Crippen LogP) is 4.83. The third-order valence-electron chi connectivity index (χ3n) is 8.58. The number of nitrogens with two attached hydrogens (primary N) is 1. The van der Waals surface area contributed by atoms with E-state index in [1.807, 2.05) is 24.3 Å². The number of hydrogen-bond donors (Lipinski definition) is 1. The highest BCUT2D eigenvalue weighted by Gasteiger charge is 2.67. The first-order valence-corrected chi connectivity index (χ1v) is 11.5. The van der Waals surface area contributed by atoms with Gasteiger partial charge >= 0.3 is 0 Å². The lowest BCUT2D eigenvalue weighted by Crippen LogP contribution is -2.59. The van der Waals surface area contributed by atoms with Crippen LogP contribution in [-0.2, 0) is 10.3 Å². The van der Waals surface area contributed by atoms with E-state index in [2.05, 4.69) is 0 Å². The van der Waals surface area contributed by atoms with Gasteiger partial charge in [-0.3, -0.25) is 9.69 Å². The fourth-order valence-electron chi connectivity index (χ4n) is 7.63. The second-order valence-corrected chi connectivity index (χ2v) is 10.5. The quantitative estimate of drug-likeness (QED) is 0.751. The number of rotatable bonds is 3. The summed E-state index contributed by atoms with van der Waals surface area (Å²) in [6, 6.07) is 11.5. The number of amides is 1. The number of carbonyl (C=O) groups is 1. The summed E-state index contributed by atoms with van der Waals surface area (Å²) in [5, 5.41) is 0. The molecule has 4 bridgehead atoms. The number of aliphatic imine (C=N–C) groups is 1. The summed E-state index contributed by atoms with van der Waals surface area (Å²) in [6.07, 6.45) is 6.74. The van der Waals surface area contributed by atoms with Crippen LogP contribution in [0.1, 0.15) is 44.1 Å². The molecule has 4 nitrogen and oxygen atoms in total. The van der Waals surface area contributed by atoms with Gasteiger partial charge in [0.1, 0.15) is 0 Å².